The molecule has 138 valence electrons. The Bertz CT molecular complexity index is 580. The minimum atomic E-state index is -1.06. The fourth-order valence-electron chi connectivity index (χ4n) is 2.79. The van der Waals surface area contributed by atoms with Gasteiger partial charge in [-0.15, -0.1) is 0 Å². The zero-order valence-corrected chi connectivity index (χ0v) is 15.7. The van der Waals surface area contributed by atoms with E-state index in [1.807, 2.05) is 37.2 Å². The van der Waals surface area contributed by atoms with Crippen molar-refractivity contribution in [1.82, 2.24) is 20.1 Å². The molecule has 0 unspecified atom stereocenters. The number of hydrogen-bond acceptors (Lipinski definition) is 5. The Morgan fingerprint density at radius 2 is 1.88 bits per heavy atom. The third kappa shape index (κ3) is 4.92. The summed E-state index contributed by atoms with van der Waals surface area (Å²) in [5, 5.41) is 2.86. The first-order chi connectivity index (χ1) is 11.8. The molecule has 1 saturated heterocycles. The minimum absolute atomic E-state index is 0.115. The highest BCUT2D eigenvalue weighted by atomic mass is 16.2. The maximum absolute atomic E-state index is 12.8. The van der Waals surface area contributed by atoms with E-state index < -0.39 is 5.41 Å². The molecule has 0 aliphatic carbocycles. The summed E-state index contributed by atoms with van der Waals surface area (Å²) in [7, 11) is 3.90. The number of piperazine rings is 1. The number of nitrogens with one attached hydrogen (secondary N) is 1. The van der Waals surface area contributed by atoms with Crippen molar-refractivity contribution in [2.24, 2.45) is 5.41 Å². The first-order valence-corrected chi connectivity index (χ1v) is 8.71. The lowest BCUT2D eigenvalue weighted by Gasteiger charge is -2.38. The Balaban J connectivity index is 1.88. The lowest BCUT2D eigenvalue weighted by atomic mass is 9.90. The average Bonchev–Trinajstić information content (AvgIpc) is 2.61. The Labute approximate surface area is 150 Å². The van der Waals surface area contributed by atoms with Crippen LogP contribution in [0.2, 0.25) is 0 Å². The first kappa shape index (κ1) is 19.2. The van der Waals surface area contributed by atoms with Crippen LogP contribution >= 0.6 is 0 Å². The second-order valence-corrected chi connectivity index (χ2v) is 7.15. The number of amides is 2. The Morgan fingerprint density at radius 1 is 1.20 bits per heavy atom. The quantitative estimate of drug-likeness (QED) is 0.756. The third-order valence-electron chi connectivity index (χ3n) is 4.49. The van der Waals surface area contributed by atoms with Gasteiger partial charge in [0, 0.05) is 45.5 Å². The lowest BCUT2D eigenvalue weighted by Crippen LogP contribution is -2.56. The summed E-state index contributed by atoms with van der Waals surface area (Å²) in [4.78, 5) is 35.5. The summed E-state index contributed by atoms with van der Waals surface area (Å²) in [5.41, 5.74) is -1.06. The zero-order valence-electron chi connectivity index (χ0n) is 15.7. The Morgan fingerprint density at radius 3 is 2.44 bits per heavy atom. The molecule has 0 atom stereocenters. The molecule has 0 saturated carbocycles. The lowest BCUT2D eigenvalue weighted by molar-refractivity contribution is -0.148. The van der Waals surface area contributed by atoms with Crippen LogP contribution < -0.4 is 10.2 Å². The number of anilines is 1. The summed E-state index contributed by atoms with van der Waals surface area (Å²) < 4.78 is 0. The summed E-state index contributed by atoms with van der Waals surface area (Å²) >= 11 is 0. The Hall–Kier alpha value is -2.15. The molecule has 1 N–H and O–H groups in total. The maximum atomic E-state index is 12.8. The number of hydrogen-bond donors (Lipinski definition) is 1. The van der Waals surface area contributed by atoms with Gasteiger partial charge in [-0.1, -0.05) is 6.07 Å². The standard InChI is InChI=1S/C18H29N5O2/c1-18(2,16(24)20-9-10-21(3)4)17(25)23-13-11-22(12-14-23)15-7-5-6-8-19-15/h5-8H,9-14H2,1-4H3,(H,20,24). The van der Waals surface area contributed by atoms with Crippen LogP contribution in [0.1, 0.15) is 13.8 Å². The van der Waals surface area contributed by atoms with Crippen LogP contribution in [-0.2, 0) is 9.59 Å². The molecule has 2 rings (SSSR count). The van der Waals surface area contributed by atoms with E-state index in [2.05, 4.69) is 15.2 Å². The predicted octanol–water partition coefficient (Wildman–Crippen LogP) is 0.434. The highest BCUT2D eigenvalue weighted by molar-refractivity contribution is 6.04. The van der Waals surface area contributed by atoms with Crippen LogP contribution in [-0.4, -0.2) is 80.0 Å². The van der Waals surface area contributed by atoms with Crippen molar-refractivity contribution in [3.63, 3.8) is 0 Å². The van der Waals surface area contributed by atoms with E-state index in [-0.39, 0.29) is 11.8 Å². The van der Waals surface area contributed by atoms with Gasteiger partial charge in [-0.3, -0.25) is 9.59 Å². The van der Waals surface area contributed by atoms with Crippen molar-refractivity contribution in [3.8, 4) is 0 Å². The molecule has 7 nitrogen and oxygen atoms in total. The van der Waals surface area contributed by atoms with Gasteiger partial charge in [0.15, 0.2) is 0 Å². The van der Waals surface area contributed by atoms with Crippen molar-refractivity contribution in [3.05, 3.63) is 24.4 Å². The molecule has 7 heteroatoms. The summed E-state index contributed by atoms with van der Waals surface area (Å²) in [6.07, 6.45) is 1.77. The van der Waals surface area contributed by atoms with Crippen molar-refractivity contribution >= 4 is 17.6 Å². The molecule has 0 bridgehead atoms. The highest BCUT2D eigenvalue weighted by Gasteiger charge is 2.39. The number of rotatable bonds is 6. The van der Waals surface area contributed by atoms with Crippen LogP contribution in [0.25, 0.3) is 0 Å². The minimum Gasteiger partial charge on any atom is -0.354 e. The van der Waals surface area contributed by atoms with Gasteiger partial charge in [-0.25, -0.2) is 4.98 Å². The SMILES string of the molecule is CN(C)CCNC(=O)C(C)(C)C(=O)N1CCN(c2ccccn2)CC1. The van der Waals surface area contributed by atoms with Crippen molar-refractivity contribution < 1.29 is 9.59 Å². The highest BCUT2D eigenvalue weighted by Crippen LogP contribution is 2.21. The van der Waals surface area contributed by atoms with Gasteiger partial charge in [0.2, 0.25) is 11.8 Å². The second-order valence-electron chi connectivity index (χ2n) is 7.15. The molecule has 1 aromatic rings. The molecule has 2 heterocycles. The summed E-state index contributed by atoms with van der Waals surface area (Å²) in [6, 6.07) is 5.82. The number of nitrogens with zero attached hydrogens (tertiary/aromatic N) is 4. The van der Waals surface area contributed by atoms with E-state index in [1.54, 1.807) is 24.9 Å². The molecule has 1 aliphatic heterocycles. The van der Waals surface area contributed by atoms with Crippen LogP contribution in [0.3, 0.4) is 0 Å². The molecule has 1 aliphatic rings. The molecule has 0 aromatic carbocycles. The molecule has 2 amide bonds. The predicted molar refractivity (Wildman–Crippen MR) is 98.4 cm³/mol. The van der Waals surface area contributed by atoms with Crippen molar-refractivity contribution in [2.75, 3.05) is 58.3 Å². The van der Waals surface area contributed by atoms with Gasteiger partial charge in [-0.2, -0.15) is 0 Å². The topological polar surface area (TPSA) is 68.8 Å². The maximum Gasteiger partial charge on any atom is 0.237 e. The van der Waals surface area contributed by atoms with Gasteiger partial charge < -0.3 is 20.0 Å². The van der Waals surface area contributed by atoms with E-state index in [9.17, 15) is 9.59 Å². The van der Waals surface area contributed by atoms with Crippen molar-refractivity contribution in [2.45, 2.75) is 13.8 Å². The fraction of sp³-hybridized carbons (Fsp3) is 0.611. The van der Waals surface area contributed by atoms with E-state index in [4.69, 9.17) is 0 Å². The molecule has 25 heavy (non-hydrogen) atoms. The molecule has 0 radical (unpaired) electrons. The molecular formula is C18H29N5O2. The number of carbonyl (C=O) groups is 2. The molecule has 0 spiro atoms. The summed E-state index contributed by atoms with van der Waals surface area (Å²) in [5.74, 6) is 0.595. The van der Waals surface area contributed by atoms with E-state index in [1.165, 1.54) is 0 Å². The normalized spacial score (nSPS) is 15.4. The van der Waals surface area contributed by atoms with Crippen LogP contribution in [0.5, 0.6) is 0 Å². The van der Waals surface area contributed by atoms with E-state index in [0.717, 1.165) is 25.5 Å². The van der Waals surface area contributed by atoms with Crippen molar-refractivity contribution in [1.29, 1.82) is 0 Å². The number of aromatic nitrogens is 1. The first-order valence-electron chi connectivity index (χ1n) is 8.71. The summed E-state index contributed by atoms with van der Waals surface area (Å²) in [6.45, 7) is 7.33. The number of pyridine rings is 1. The van der Waals surface area contributed by atoms with Gasteiger partial charge in [0.05, 0.1) is 0 Å². The smallest absolute Gasteiger partial charge is 0.237 e. The van der Waals surface area contributed by atoms with Gasteiger partial charge >= 0.3 is 0 Å². The average molecular weight is 347 g/mol. The van der Waals surface area contributed by atoms with Crippen LogP contribution in [0.15, 0.2) is 24.4 Å². The van der Waals surface area contributed by atoms with Crippen LogP contribution in [0.4, 0.5) is 5.82 Å². The monoisotopic (exact) mass is 347 g/mol. The molecule has 1 fully saturated rings. The third-order valence-corrected chi connectivity index (χ3v) is 4.49. The molecule has 1 aromatic heterocycles. The van der Waals surface area contributed by atoms with Gasteiger partial charge in [-0.05, 0) is 40.1 Å². The largest absolute Gasteiger partial charge is 0.354 e. The van der Waals surface area contributed by atoms with Crippen LogP contribution in [0, 0.1) is 5.41 Å². The zero-order chi connectivity index (χ0) is 18.4. The van der Waals surface area contributed by atoms with Gasteiger partial charge in [0.1, 0.15) is 11.2 Å². The van der Waals surface area contributed by atoms with E-state index in [0.29, 0.717) is 19.6 Å². The number of carbonyl (C=O) groups excluding carboxylic acids is 2. The Kier molecular flexibility index (Phi) is 6.36. The van der Waals surface area contributed by atoms with E-state index >= 15 is 0 Å². The second kappa shape index (κ2) is 8.29. The fourth-order valence-corrected chi connectivity index (χ4v) is 2.79. The van der Waals surface area contributed by atoms with Gasteiger partial charge in [0.25, 0.3) is 0 Å². The number of likely N-dealkylation sites (N-methyl/N-ethyl adjacent to an activating group) is 1. The molecular weight excluding hydrogens is 318 g/mol.